The van der Waals surface area contributed by atoms with Crippen molar-refractivity contribution in [3.05, 3.63) is 54.2 Å². The largest absolute Gasteiger partial charge is 0.497 e. The van der Waals surface area contributed by atoms with Gasteiger partial charge in [0.1, 0.15) is 17.3 Å². The quantitative estimate of drug-likeness (QED) is 0.748. The molecule has 21 heavy (non-hydrogen) atoms. The van der Waals surface area contributed by atoms with Crippen LogP contribution in [0.5, 0.6) is 5.75 Å². The van der Waals surface area contributed by atoms with E-state index in [4.69, 9.17) is 10.5 Å². The molecule has 1 atom stereocenters. The van der Waals surface area contributed by atoms with Crippen LogP contribution in [-0.4, -0.2) is 32.3 Å². The summed E-state index contributed by atoms with van der Waals surface area (Å²) in [5, 5.41) is 6.97. The number of H-pyrrole nitrogens is 1. The van der Waals surface area contributed by atoms with Gasteiger partial charge >= 0.3 is 0 Å². The van der Waals surface area contributed by atoms with Gasteiger partial charge in [-0.2, -0.15) is 5.10 Å². The van der Waals surface area contributed by atoms with Crippen molar-refractivity contribution in [2.45, 2.75) is 6.04 Å². The SMILES string of the molecule is COc1ccc([C@H](N)c2nc(-c3cnccn3)n[nH]2)cc1. The van der Waals surface area contributed by atoms with Crippen molar-refractivity contribution in [1.29, 1.82) is 0 Å². The van der Waals surface area contributed by atoms with E-state index in [-0.39, 0.29) is 0 Å². The molecule has 3 N–H and O–H groups in total. The fraction of sp³-hybridized carbons (Fsp3) is 0.143. The fourth-order valence-electron chi connectivity index (χ4n) is 1.91. The average Bonchev–Trinajstić information content (AvgIpc) is 3.05. The summed E-state index contributed by atoms with van der Waals surface area (Å²) < 4.78 is 5.12. The Morgan fingerprint density at radius 1 is 1.19 bits per heavy atom. The van der Waals surface area contributed by atoms with Crippen LogP contribution in [0.15, 0.2) is 42.9 Å². The van der Waals surface area contributed by atoms with Gasteiger partial charge in [0.05, 0.1) is 19.3 Å². The van der Waals surface area contributed by atoms with E-state index < -0.39 is 6.04 Å². The molecule has 0 radical (unpaired) electrons. The van der Waals surface area contributed by atoms with Crippen molar-refractivity contribution >= 4 is 0 Å². The molecule has 1 aromatic carbocycles. The molecule has 0 bridgehead atoms. The van der Waals surface area contributed by atoms with Gasteiger partial charge in [-0.1, -0.05) is 12.1 Å². The summed E-state index contributed by atoms with van der Waals surface area (Å²) in [6.45, 7) is 0. The molecule has 2 aromatic heterocycles. The van der Waals surface area contributed by atoms with Crippen molar-refractivity contribution in [2.75, 3.05) is 7.11 Å². The van der Waals surface area contributed by atoms with Crippen LogP contribution >= 0.6 is 0 Å². The third-order valence-corrected chi connectivity index (χ3v) is 3.06. The van der Waals surface area contributed by atoms with Crippen molar-refractivity contribution in [3.8, 4) is 17.3 Å². The molecule has 3 aromatic rings. The van der Waals surface area contributed by atoms with E-state index >= 15 is 0 Å². The molecule has 0 fully saturated rings. The highest BCUT2D eigenvalue weighted by Crippen LogP contribution is 2.21. The molecule has 7 nitrogen and oxygen atoms in total. The zero-order valence-electron chi connectivity index (χ0n) is 11.4. The van der Waals surface area contributed by atoms with Crippen LogP contribution in [0.2, 0.25) is 0 Å². The highest BCUT2D eigenvalue weighted by atomic mass is 16.5. The van der Waals surface area contributed by atoms with Gasteiger partial charge in [0.2, 0.25) is 5.82 Å². The highest BCUT2D eigenvalue weighted by molar-refractivity contribution is 5.46. The number of benzene rings is 1. The Kier molecular flexibility index (Phi) is 3.57. The molecule has 7 heteroatoms. The van der Waals surface area contributed by atoms with Crippen LogP contribution in [0.25, 0.3) is 11.5 Å². The van der Waals surface area contributed by atoms with Gasteiger partial charge in [0, 0.05) is 12.4 Å². The monoisotopic (exact) mass is 282 g/mol. The van der Waals surface area contributed by atoms with E-state index in [1.54, 1.807) is 25.7 Å². The van der Waals surface area contributed by atoms with Gasteiger partial charge in [0.25, 0.3) is 0 Å². The number of aromatic amines is 1. The lowest BCUT2D eigenvalue weighted by molar-refractivity contribution is 0.414. The van der Waals surface area contributed by atoms with E-state index in [1.807, 2.05) is 24.3 Å². The molecule has 0 aliphatic heterocycles. The van der Waals surface area contributed by atoms with Gasteiger partial charge < -0.3 is 10.5 Å². The number of aromatic nitrogens is 5. The molecule has 0 aliphatic rings. The maximum atomic E-state index is 6.19. The number of hydrogen-bond acceptors (Lipinski definition) is 6. The Morgan fingerprint density at radius 3 is 2.67 bits per heavy atom. The van der Waals surface area contributed by atoms with Gasteiger partial charge in [-0.05, 0) is 17.7 Å². The summed E-state index contributed by atoms with van der Waals surface area (Å²) in [4.78, 5) is 12.5. The number of nitrogens with zero attached hydrogens (tertiary/aromatic N) is 4. The summed E-state index contributed by atoms with van der Waals surface area (Å²) in [5.74, 6) is 1.83. The molecule has 106 valence electrons. The Bertz CT molecular complexity index is 710. The van der Waals surface area contributed by atoms with E-state index in [1.165, 1.54) is 0 Å². The molecule has 0 aliphatic carbocycles. The number of nitrogens with two attached hydrogens (primary N) is 1. The maximum absolute atomic E-state index is 6.19. The Balaban J connectivity index is 1.85. The lowest BCUT2D eigenvalue weighted by Crippen LogP contribution is -2.13. The highest BCUT2D eigenvalue weighted by Gasteiger charge is 2.15. The predicted octanol–water partition coefficient (Wildman–Crippen LogP) is 1.32. The topological polar surface area (TPSA) is 103 Å². The van der Waals surface area contributed by atoms with E-state index in [0.29, 0.717) is 17.3 Å². The number of nitrogens with one attached hydrogen (secondary N) is 1. The molecule has 0 saturated carbocycles. The minimum Gasteiger partial charge on any atom is -0.497 e. The summed E-state index contributed by atoms with van der Waals surface area (Å²) in [6, 6.07) is 7.11. The molecular formula is C14H14N6O. The van der Waals surface area contributed by atoms with Crippen molar-refractivity contribution in [1.82, 2.24) is 25.1 Å². The second kappa shape index (κ2) is 5.68. The molecule has 0 saturated heterocycles. The third-order valence-electron chi connectivity index (χ3n) is 3.06. The smallest absolute Gasteiger partial charge is 0.201 e. The first-order valence-corrected chi connectivity index (χ1v) is 6.36. The van der Waals surface area contributed by atoms with Crippen LogP contribution in [0.4, 0.5) is 0 Å². The van der Waals surface area contributed by atoms with Gasteiger partial charge in [-0.15, -0.1) is 0 Å². The normalized spacial score (nSPS) is 12.1. The molecule has 0 amide bonds. The van der Waals surface area contributed by atoms with Crippen LogP contribution < -0.4 is 10.5 Å². The first kappa shape index (κ1) is 13.2. The molecule has 0 spiro atoms. The Hall–Kier alpha value is -2.80. The molecule has 0 unspecified atom stereocenters. The van der Waals surface area contributed by atoms with E-state index in [9.17, 15) is 0 Å². The number of hydrogen-bond donors (Lipinski definition) is 2. The van der Waals surface area contributed by atoms with Gasteiger partial charge in [-0.3, -0.25) is 10.1 Å². The zero-order chi connectivity index (χ0) is 14.7. The van der Waals surface area contributed by atoms with E-state index in [0.717, 1.165) is 11.3 Å². The minimum atomic E-state index is -0.395. The number of rotatable bonds is 4. The second-order valence-electron chi connectivity index (χ2n) is 4.39. The first-order chi connectivity index (χ1) is 10.3. The number of methoxy groups -OCH3 is 1. The molecular weight excluding hydrogens is 268 g/mol. The predicted molar refractivity (Wildman–Crippen MR) is 76.4 cm³/mol. The molecule has 3 rings (SSSR count). The molecule has 2 heterocycles. The van der Waals surface area contributed by atoms with Crippen LogP contribution in [0.1, 0.15) is 17.4 Å². The van der Waals surface area contributed by atoms with E-state index in [2.05, 4.69) is 25.1 Å². The lowest BCUT2D eigenvalue weighted by atomic mass is 10.1. The van der Waals surface area contributed by atoms with Crippen LogP contribution in [0.3, 0.4) is 0 Å². The first-order valence-electron chi connectivity index (χ1n) is 6.36. The minimum absolute atomic E-state index is 0.395. The lowest BCUT2D eigenvalue weighted by Gasteiger charge is -2.09. The van der Waals surface area contributed by atoms with Gasteiger partial charge in [-0.25, -0.2) is 9.97 Å². The Morgan fingerprint density at radius 2 is 2.00 bits per heavy atom. The fourth-order valence-corrected chi connectivity index (χ4v) is 1.91. The van der Waals surface area contributed by atoms with Gasteiger partial charge in [0.15, 0.2) is 0 Å². The summed E-state index contributed by atoms with van der Waals surface area (Å²) in [5.41, 5.74) is 7.70. The summed E-state index contributed by atoms with van der Waals surface area (Å²) in [6.07, 6.45) is 4.79. The maximum Gasteiger partial charge on any atom is 0.201 e. The van der Waals surface area contributed by atoms with Crippen molar-refractivity contribution in [2.24, 2.45) is 5.73 Å². The van der Waals surface area contributed by atoms with Crippen molar-refractivity contribution < 1.29 is 4.74 Å². The number of ether oxygens (including phenoxy) is 1. The zero-order valence-corrected chi connectivity index (χ0v) is 11.4. The average molecular weight is 282 g/mol. The summed E-state index contributed by atoms with van der Waals surface area (Å²) in [7, 11) is 1.62. The Labute approximate surface area is 121 Å². The standard InChI is InChI=1S/C14H14N6O/c1-21-10-4-2-9(3-5-10)12(15)14-18-13(19-20-14)11-8-16-6-7-17-11/h2-8,12H,15H2,1H3,(H,18,19,20)/t12-/m0/s1. The summed E-state index contributed by atoms with van der Waals surface area (Å²) >= 11 is 0. The van der Waals surface area contributed by atoms with Crippen LogP contribution in [-0.2, 0) is 0 Å². The third kappa shape index (κ3) is 2.72. The van der Waals surface area contributed by atoms with Crippen molar-refractivity contribution in [3.63, 3.8) is 0 Å². The second-order valence-corrected chi connectivity index (χ2v) is 4.39. The van der Waals surface area contributed by atoms with Crippen LogP contribution in [0, 0.1) is 0 Å².